The van der Waals surface area contributed by atoms with Crippen molar-refractivity contribution in [2.75, 3.05) is 13.2 Å². The normalized spacial score (nSPS) is 20.7. The van der Waals surface area contributed by atoms with Crippen LogP contribution in [0.4, 0.5) is 13.2 Å². The number of hydrogen-bond acceptors (Lipinski definition) is 2. The standard InChI is InChI=1S/C10H15F3O3/c11-10(12,13)7-16-6-9(8(14)15)4-2-1-3-5-9/h1-7H2,(H,14,15). The van der Waals surface area contributed by atoms with Crippen LogP contribution in [-0.2, 0) is 9.53 Å². The Labute approximate surface area is 91.6 Å². The molecule has 0 amide bonds. The topological polar surface area (TPSA) is 46.5 Å². The van der Waals surface area contributed by atoms with Crippen molar-refractivity contribution >= 4 is 5.97 Å². The average Bonchev–Trinajstić information content (AvgIpc) is 2.17. The SMILES string of the molecule is O=C(O)C1(COCC(F)(F)F)CCCCC1. The lowest BCUT2D eigenvalue weighted by Crippen LogP contribution is -2.38. The number of aliphatic carboxylic acids is 1. The predicted octanol–water partition coefficient (Wildman–Crippen LogP) is 2.60. The van der Waals surface area contributed by atoms with Crippen molar-refractivity contribution in [3.05, 3.63) is 0 Å². The first kappa shape index (κ1) is 13.3. The van der Waals surface area contributed by atoms with Crippen molar-refractivity contribution in [3.63, 3.8) is 0 Å². The van der Waals surface area contributed by atoms with Gasteiger partial charge in [-0.3, -0.25) is 4.79 Å². The van der Waals surface area contributed by atoms with E-state index in [1.165, 1.54) is 0 Å². The van der Waals surface area contributed by atoms with Crippen molar-refractivity contribution in [1.29, 1.82) is 0 Å². The van der Waals surface area contributed by atoms with Crippen molar-refractivity contribution in [1.82, 2.24) is 0 Å². The molecule has 0 radical (unpaired) electrons. The fourth-order valence-corrected chi connectivity index (χ4v) is 2.01. The van der Waals surface area contributed by atoms with E-state index in [9.17, 15) is 18.0 Å². The van der Waals surface area contributed by atoms with Gasteiger partial charge in [0.2, 0.25) is 0 Å². The van der Waals surface area contributed by atoms with Gasteiger partial charge in [0.25, 0.3) is 0 Å². The molecule has 0 unspecified atom stereocenters. The minimum Gasteiger partial charge on any atom is -0.481 e. The van der Waals surface area contributed by atoms with Crippen LogP contribution in [0.25, 0.3) is 0 Å². The van der Waals surface area contributed by atoms with Crippen LogP contribution >= 0.6 is 0 Å². The van der Waals surface area contributed by atoms with E-state index in [1.807, 2.05) is 0 Å². The largest absolute Gasteiger partial charge is 0.481 e. The van der Waals surface area contributed by atoms with Crippen LogP contribution < -0.4 is 0 Å². The highest BCUT2D eigenvalue weighted by Gasteiger charge is 2.41. The van der Waals surface area contributed by atoms with E-state index in [4.69, 9.17) is 5.11 Å². The molecule has 0 spiro atoms. The Morgan fingerprint density at radius 3 is 2.25 bits per heavy atom. The number of rotatable bonds is 4. The maximum Gasteiger partial charge on any atom is 0.411 e. The van der Waals surface area contributed by atoms with Gasteiger partial charge in [-0.2, -0.15) is 13.2 Å². The summed E-state index contributed by atoms with van der Waals surface area (Å²) in [6.07, 6.45) is -1.17. The van der Waals surface area contributed by atoms with Gasteiger partial charge in [-0.25, -0.2) is 0 Å². The number of carbonyl (C=O) groups is 1. The molecule has 0 aromatic rings. The van der Waals surface area contributed by atoms with Gasteiger partial charge in [0, 0.05) is 0 Å². The van der Waals surface area contributed by atoms with E-state index >= 15 is 0 Å². The molecule has 16 heavy (non-hydrogen) atoms. The van der Waals surface area contributed by atoms with Crippen LogP contribution in [0.2, 0.25) is 0 Å². The van der Waals surface area contributed by atoms with E-state index in [-0.39, 0.29) is 6.61 Å². The van der Waals surface area contributed by atoms with Gasteiger partial charge >= 0.3 is 12.1 Å². The molecule has 6 heteroatoms. The van der Waals surface area contributed by atoms with Crippen LogP contribution in [0, 0.1) is 5.41 Å². The second-order valence-corrected chi connectivity index (χ2v) is 4.25. The first-order valence-electron chi connectivity index (χ1n) is 5.24. The van der Waals surface area contributed by atoms with Crippen LogP contribution in [0.15, 0.2) is 0 Å². The number of carboxylic acids is 1. The molecule has 1 fully saturated rings. The molecule has 94 valence electrons. The molecule has 0 aromatic carbocycles. The Hall–Kier alpha value is -0.780. The molecule has 0 atom stereocenters. The maximum absolute atomic E-state index is 11.9. The van der Waals surface area contributed by atoms with E-state index < -0.39 is 24.2 Å². The smallest absolute Gasteiger partial charge is 0.411 e. The molecule has 1 rings (SSSR count). The van der Waals surface area contributed by atoms with Crippen LogP contribution in [0.5, 0.6) is 0 Å². The first-order chi connectivity index (χ1) is 7.36. The summed E-state index contributed by atoms with van der Waals surface area (Å²) in [4.78, 5) is 11.1. The third-order valence-electron chi connectivity index (χ3n) is 2.91. The summed E-state index contributed by atoms with van der Waals surface area (Å²) in [7, 11) is 0. The Kier molecular flexibility index (Phi) is 4.18. The molecule has 1 aliphatic rings. The molecule has 1 N–H and O–H groups in total. The minimum absolute atomic E-state index is 0.345. The van der Waals surface area contributed by atoms with E-state index in [1.54, 1.807) is 0 Å². The second-order valence-electron chi connectivity index (χ2n) is 4.25. The number of ether oxygens (including phenoxy) is 1. The first-order valence-corrected chi connectivity index (χ1v) is 5.24. The minimum atomic E-state index is -4.39. The van der Waals surface area contributed by atoms with Crippen LogP contribution in [-0.4, -0.2) is 30.5 Å². The summed E-state index contributed by atoms with van der Waals surface area (Å²) in [6, 6.07) is 0. The highest BCUT2D eigenvalue weighted by atomic mass is 19.4. The Bertz CT molecular complexity index is 244. The van der Waals surface area contributed by atoms with Crippen LogP contribution in [0.1, 0.15) is 32.1 Å². The second kappa shape index (κ2) is 5.03. The summed E-state index contributed by atoms with van der Waals surface area (Å²) >= 11 is 0. The third kappa shape index (κ3) is 3.66. The summed E-state index contributed by atoms with van der Waals surface area (Å²) in [5.74, 6) is -1.05. The molecular formula is C10H15F3O3. The molecular weight excluding hydrogens is 225 g/mol. The quantitative estimate of drug-likeness (QED) is 0.821. The molecule has 0 aliphatic heterocycles. The van der Waals surface area contributed by atoms with Crippen molar-refractivity contribution in [2.24, 2.45) is 5.41 Å². The summed E-state index contributed by atoms with van der Waals surface area (Å²) < 4.78 is 40.1. The average molecular weight is 240 g/mol. The fourth-order valence-electron chi connectivity index (χ4n) is 2.01. The van der Waals surface area contributed by atoms with Gasteiger partial charge in [0.15, 0.2) is 0 Å². The Balaban J connectivity index is 2.48. The summed E-state index contributed by atoms with van der Waals surface area (Å²) in [5.41, 5.74) is -1.11. The molecule has 3 nitrogen and oxygen atoms in total. The lowest BCUT2D eigenvalue weighted by molar-refractivity contribution is -0.188. The molecule has 0 saturated heterocycles. The molecule has 1 saturated carbocycles. The van der Waals surface area contributed by atoms with Gasteiger partial charge in [-0.15, -0.1) is 0 Å². The zero-order valence-electron chi connectivity index (χ0n) is 8.85. The van der Waals surface area contributed by atoms with E-state index in [0.29, 0.717) is 12.8 Å². The number of carboxylic acid groups (broad SMARTS) is 1. The molecule has 0 bridgehead atoms. The maximum atomic E-state index is 11.9. The van der Waals surface area contributed by atoms with E-state index in [2.05, 4.69) is 4.74 Å². The lowest BCUT2D eigenvalue weighted by Gasteiger charge is -2.32. The highest BCUT2D eigenvalue weighted by molar-refractivity contribution is 5.74. The molecule has 0 heterocycles. The van der Waals surface area contributed by atoms with Crippen molar-refractivity contribution < 1.29 is 27.8 Å². The Morgan fingerprint density at radius 2 is 1.81 bits per heavy atom. The van der Waals surface area contributed by atoms with Gasteiger partial charge in [-0.1, -0.05) is 19.3 Å². The predicted molar refractivity (Wildman–Crippen MR) is 50.0 cm³/mol. The summed E-state index contributed by atoms with van der Waals surface area (Å²) in [6.45, 7) is -1.72. The summed E-state index contributed by atoms with van der Waals surface area (Å²) in [5, 5.41) is 9.06. The number of alkyl halides is 3. The molecule has 1 aliphatic carbocycles. The lowest BCUT2D eigenvalue weighted by atomic mass is 9.75. The monoisotopic (exact) mass is 240 g/mol. The fraction of sp³-hybridized carbons (Fsp3) is 0.900. The number of halogens is 3. The molecule has 0 aromatic heterocycles. The zero-order chi connectivity index (χ0) is 12.2. The van der Waals surface area contributed by atoms with Gasteiger partial charge in [0.05, 0.1) is 12.0 Å². The number of hydrogen-bond donors (Lipinski definition) is 1. The third-order valence-corrected chi connectivity index (χ3v) is 2.91. The van der Waals surface area contributed by atoms with Crippen molar-refractivity contribution in [2.45, 2.75) is 38.3 Å². The highest BCUT2D eigenvalue weighted by Crippen LogP contribution is 2.37. The zero-order valence-corrected chi connectivity index (χ0v) is 8.85. The Morgan fingerprint density at radius 1 is 1.25 bits per heavy atom. The van der Waals surface area contributed by atoms with Crippen LogP contribution in [0.3, 0.4) is 0 Å². The van der Waals surface area contributed by atoms with E-state index in [0.717, 1.165) is 19.3 Å². The van der Waals surface area contributed by atoms with Gasteiger partial charge < -0.3 is 9.84 Å². The van der Waals surface area contributed by atoms with Gasteiger partial charge in [-0.05, 0) is 12.8 Å². The van der Waals surface area contributed by atoms with Crippen molar-refractivity contribution in [3.8, 4) is 0 Å². The van der Waals surface area contributed by atoms with Gasteiger partial charge in [0.1, 0.15) is 6.61 Å².